The van der Waals surface area contributed by atoms with Crippen molar-refractivity contribution < 1.29 is 14.4 Å². The number of carbonyl (C=O) groups is 3. The maximum absolute atomic E-state index is 13.8. The van der Waals surface area contributed by atoms with E-state index in [1.54, 1.807) is 0 Å². The number of ketones is 1. The second kappa shape index (κ2) is 8.06. The number of aryl methyl sites for hydroxylation is 1. The summed E-state index contributed by atoms with van der Waals surface area (Å²) in [4.78, 5) is 44.4. The SMILES string of the molecule is Cc1[nH]c2ccccc2c1C(=O)CN1C(=O)NC(Cc2ccccc2)(c2ccccc2)C1=O. The Labute approximate surface area is 191 Å². The zero-order chi connectivity index (χ0) is 23.0. The van der Waals surface area contributed by atoms with Gasteiger partial charge in [-0.1, -0.05) is 78.9 Å². The van der Waals surface area contributed by atoms with Crippen molar-refractivity contribution in [1.82, 2.24) is 15.2 Å². The van der Waals surface area contributed by atoms with Crippen LogP contribution in [0.2, 0.25) is 0 Å². The number of nitrogens with zero attached hydrogens (tertiary/aromatic N) is 1. The first-order valence-corrected chi connectivity index (χ1v) is 10.8. The van der Waals surface area contributed by atoms with Crippen molar-refractivity contribution in [3.8, 4) is 0 Å². The van der Waals surface area contributed by atoms with Gasteiger partial charge in [0.1, 0.15) is 0 Å². The van der Waals surface area contributed by atoms with Crippen LogP contribution in [0.15, 0.2) is 84.9 Å². The highest BCUT2D eigenvalue weighted by molar-refractivity contribution is 6.15. The number of fused-ring (bicyclic) bond motifs is 1. The third-order valence-corrected chi connectivity index (χ3v) is 6.23. The highest BCUT2D eigenvalue weighted by atomic mass is 16.2. The Bertz CT molecular complexity index is 1360. The Morgan fingerprint density at radius 1 is 0.879 bits per heavy atom. The summed E-state index contributed by atoms with van der Waals surface area (Å²) >= 11 is 0. The summed E-state index contributed by atoms with van der Waals surface area (Å²) in [6.45, 7) is 1.50. The molecule has 33 heavy (non-hydrogen) atoms. The number of nitrogens with one attached hydrogen (secondary N) is 2. The standard InChI is InChI=1S/C27H23N3O3/c1-18-24(21-14-8-9-15-22(21)28-18)23(31)17-30-25(32)27(29-26(30)33,20-12-6-3-7-13-20)16-19-10-4-2-5-11-19/h2-15,28H,16-17H2,1H3,(H,29,33). The first kappa shape index (κ1) is 20.7. The second-order valence-electron chi connectivity index (χ2n) is 8.35. The van der Waals surface area contributed by atoms with Gasteiger partial charge in [-0.3, -0.25) is 14.5 Å². The molecule has 164 valence electrons. The summed E-state index contributed by atoms with van der Waals surface area (Å²) in [5.41, 5.74) is 2.40. The number of hydrogen-bond donors (Lipinski definition) is 2. The average molecular weight is 437 g/mol. The highest BCUT2D eigenvalue weighted by Gasteiger charge is 2.52. The number of para-hydroxylation sites is 1. The fourth-order valence-electron chi connectivity index (χ4n) is 4.67. The maximum atomic E-state index is 13.8. The summed E-state index contributed by atoms with van der Waals surface area (Å²) in [6.07, 6.45) is 0.291. The van der Waals surface area contributed by atoms with Crippen LogP contribution >= 0.6 is 0 Å². The molecule has 0 spiro atoms. The molecule has 1 unspecified atom stereocenters. The highest BCUT2D eigenvalue weighted by Crippen LogP contribution is 2.33. The fraction of sp³-hybridized carbons (Fsp3) is 0.148. The molecule has 6 heteroatoms. The molecule has 4 aromatic rings. The number of benzene rings is 3. The lowest BCUT2D eigenvalue weighted by atomic mass is 9.83. The molecule has 5 rings (SSSR count). The van der Waals surface area contributed by atoms with Gasteiger partial charge in [0.25, 0.3) is 5.91 Å². The molecule has 3 aromatic carbocycles. The van der Waals surface area contributed by atoms with E-state index in [4.69, 9.17) is 0 Å². The van der Waals surface area contributed by atoms with Crippen molar-refractivity contribution in [2.24, 2.45) is 0 Å². The minimum Gasteiger partial charge on any atom is -0.358 e. The van der Waals surface area contributed by atoms with Crippen molar-refractivity contribution >= 4 is 28.6 Å². The monoisotopic (exact) mass is 437 g/mol. The molecular weight excluding hydrogens is 414 g/mol. The zero-order valence-electron chi connectivity index (χ0n) is 18.2. The normalized spacial score (nSPS) is 18.0. The minimum absolute atomic E-state index is 0.281. The van der Waals surface area contributed by atoms with E-state index in [0.29, 0.717) is 23.2 Å². The van der Waals surface area contributed by atoms with E-state index in [-0.39, 0.29) is 12.3 Å². The van der Waals surface area contributed by atoms with Gasteiger partial charge in [0.2, 0.25) is 0 Å². The summed E-state index contributed by atoms with van der Waals surface area (Å²) in [5, 5.41) is 3.69. The second-order valence-corrected chi connectivity index (χ2v) is 8.35. The molecule has 6 nitrogen and oxygen atoms in total. The molecule has 0 saturated carbocycles. The lowest BCUT2D eigenvalue weighted by Gasteiger charge is -2.27. The lowest BCUT2D eigenvalue weighted by molar-refractivity contribution is -0.131. The van der Waals surface area contributed by atoms with Crippen LogP contribution in [0.3, 0.4) is 0 Å². The van der Waals surface area contributed by atoms with Crippen molar-refractivity contribution in [3.05, 3.63) is 107 Å². The van der Waals surface area contributed by atoms with E-state index in [9.17, 15) is 14.4 Å². The number of amides is 3. The Kier molecular flexibility index (Phi) is 5.05. The third-order valence-electron chi connectivity index (χ3n) is 6.23. The van der Waals surface area contributed by atoms with Crippen LogP contribution in [0.1, 0.15) is 27.2 Å². The van der Waals surface area contributed by atoms with Crippen LogP contribution in [0, 0.1) is 6.92 Å². The number of urea groups is 1. The Balaban J connectivity index is 1.51. The number of rotatable bonds is 6. The molecule has 2 heterocycles. The Morgan fingerprint density at radius 3 is 2.24 bits per heavy atom. The number of Topliss-reactive ketones (excluding diaryl/α,β-unsaturated/α-hetero) is 1. The van der Waals surface area contributed by atoms with Crippen molar-refractivity contribution in [2.75, 3.05) is 6.54 Å². The van der Waals surface area contributed by atoms with Gasteiger partial charge in [-0.15, -0.1) is 0 Å². The van der Waals surface area contributed by atoms with Crippen LogP contribution in [-0.4, -0.2) is 34.2 Å². The van der Waals surface area contributed by atoms with E-state index < -0.39 is 17.5 Å². The van der Waals surface area contributed by atoms with Gasteiger partial charge in [-0.2, -0.15) is 0 Å². The molecule has 0 radical (unpaired) electrons. The van der Waals surface area contributed by atoms with E-state index in [1.165, 1.54) is 0 Å². The van der Waals surface area contributed by atoms with Crippen LogP contribution < -0.4 is 5.32 Å². The quantitative estimate of drug-likeness (QED) is 0.348. The molecule has 0 aliphatic carbocycles. The number of hydrogen-bond acceptors (Lipinski definition) is 3. The first-order chi connectivity index (χ1) is 16.0. The smallest absolute Gasteiger partial charge is 0.325 e. The van der Waals surface area contributed by atoms with Crippen LogP contribution in [0.25, 0.3) is 10.9 Å². The van der Waals surface area contributed by atoms with E-state index >= 15 is 0 Å². The van der Waals surface area contributed by atoms with Gasteiger partial charge in [0, 0.05) is 28.6 Å². The summed E-state index contributed by atoms with van der Waals surface area (Å²) in [7, 11) is 0. The van der Waals surface area contributed by atoms with Crippen molar-refractivity contribution in [3.63, 3.8) is 0 Å². The van der Waals surface area contributed by atoms with Gasteiger partial charge in [0.15, 0.2) is 11.3 Å². The number of H-pyrrole nitrogens is 1. The zero-order valence-corrected chi connectivity index (χ0v) is 18.2. The molecule has 1 aliphatic heterocycles. The molecule has 1 saturated heterocycles. The minimum atomic E-state index is -1.27. The molecular formula is C27H23N3O3. The van der Waals surface area contributed by atoms with Gasteiger partial charge < -0.3 is 10.3 Å². The van der Waals surface area contributed by atoms with Crippen molar-refractivity contribution in [2.45, 2.75) is 18.9 Å². The fourth-order valence-corrected chi connectivity index (χ4v) is 4.67. The predicted molar refractivity (Wildman–Crippen MR) is 126 cm³/mol. The molecule has 2 N–H and O–H groups in total. The first-order valence-electron chi connectivity index (χ1n) is 10.8. The summed E-state index contributed by atoms with van der Waals surface area (Å²) < 4.78 is 0. The lowest BCUT2D eigenvalue weighted by Crippen LogP contribution is -2.46. The molecule has 1 fully saturated rings. The molecule has 1 atom stereocenters. The summed E-state index contributed by atoms with van der Waals surface area (Å²) in [5.74, 6) is -0.703. The molecule has 1 aromatic heterocycles. The van der Waals surface area contributed by atoms with Gasteiger partial charge in [0.05, 0.1) is 6.54 Å². The van der Waals surface area contributed by atoms with Crippen LogP contribution in [0.5, 0.6) is 0 Å². The Morgan fingerprint density at radius 2 is 1.52 bits per heavy atom. The molecule has 0 bridgehead atoms. The number of aromatic nitrogens is 1. The number of aromatic amines is 1. The molecule has 1 aliphatic rings. The topological polar surface area (TPSA) is 82.3 Å². The predicted octanol–water partition coefficient (Wildman–Crippen LogP) is 4.35. The van der Waals surface area contributed by atoms with Gasteiger partial charge in [-0.05, 0) is 24.1 Å². The maximum Gasteiger partial charge on any atom is 0.325 e. The van der Waals surface area contributed by atoms with Gasteiger partial charge in [-0.25, -0.2) is 4.79 Å². The summed E-state index contributed by atoms with van der Waals surface area (Å²) in [6, 6.07) is 25.7. The Hall–Kier alpha value is -4.19. The van der Waals surface area contributed by atoms with Crippen LogP contribution in [-0.2, 0) is 16.8 Å². The molecule has 3 amide bonds. The number of carbonyl (C=O) groups excluding carboxylic acids is 3. The third kappa shape index (κ3) is 3.49. The van der Waals surface area contributed by atoms with E-state index in [2.05, 4.69) is 10.3 Å². The van der Waals surface area contributed by atoms with Crippen molar-refractivity contribution in [1.29, 1.82) is 0 Å². The van der Waals surface area contributed by atoms with E-state index in [1.807, 2.05) is 91.9 Å². The number of imide groups is 1. The van der Waals surface area contributed by atoms with E-state index in [0.717, 1.165) is 21.4 Å². The largest absolute Gasteiger partial charge is 0.358 e. The van der Waals surface area contributed by atoms with Gasteiger partial charge >= 0.3 is 6.03 Å². The average Bonchev–Trinajstić information content (AvgIpc) is 3.29. The van der Waals surface area contributed by atoms with Crippen LogP contribution in [0.4, 0.5) is 4.79 Å².